The zero-order valence-corrected chi connectivity index (χ0v) is 13.4. The second kappa shape index (κ2) is 7.32. The van der Waals surface area contributed by atoms with Crippen LogP contribution >= 0.6 is 0 Å². The highest BCUT2D eigenvalue weighted by Gasteiger charge is 2.27. The quantitative estimate of drug-likeness (QED) is 0.723. The lowest BCUT2D eigenvalue weighted by molar-refractivity contribution is -0.143. The van der Waals surface area contributed by atoms with E-state index in [0.29, 0.717) is 0 Å². The Bertz CT molecular complexity index is 630. The largest absolute Gasteiger partial charge is 0.480 e. The van der Waals surface area contributed by atoms with Crippen LogP contribution in [0.4, 0.5) is 0 Å². The lowest BCUT2D eigenvalue weighted by atomic mass is 10.1. The first-order valence-electron chi connectivity index (χ1n) is 6.54. The van der Waals surface area contributed by atoms with Gasteiger partial charge in [0, 0.05) is 19.4 Å². The minimum atomic E-state index is -3.85. The van der Waals surface area contributed by atoms with Crippen LogP contribution in [-0.2, 0) is 19.6 Å². The fourth-order valence-corrected chi connectivity index (χ4v) is 2.79. The van der Waals surface area contributed by atoms with E-state index in [1.807, 2.05) is 0 Å². The third-order valence-electron chi connectivity index (χ3n) is 2.96. The van der Waals surface area contributed by atoms with Crippen LogP contribution in [0.2, 0.25) is 0 Å². The molecule has 0 saturated heterocycles. The summed E-state index contributed by atoms with van der Waals surface area (Å²) in [6.07, 6.45) is 2.61. The van der Waals surface area contributed by atoms with E-state index >= 15 is 0 Å². The van der Waals surface area contributed by atoms with Gasteiger partial charge in [-0.15, -0.1) is 0 Å². The van der Waals surface area contributed by atoms with Crippen molar-refractivity contribution in [3.8, 4) is 0 Å². The van der Waals surface area contributed by atoms with Gasteiger partial charge in [-0.1, -0.05) is 13.8 Å². The van der Waals surface area contributed by atoms with E-state index in [-0.39, 0.29) is 10.8 Å². The summed E-state index contributed by atoms with van der Waals surface area (Å²) in [5.74, 6) is -2.17. The zero-order chi connectivity index (χ0) is 16.9. The number of nitrogens with zero attached hydrogens (tertiary/aromatic N) is 2. The lowest BCUT2D eigenvalue weighted by Crippen LogP contribution is -2.48. The number of likely N-dealkylation sites (N-methyl/N-ethyl adjacent to an activating group) is 1. The van der Waals surface area contributed by atoms with Gasteiger partial charge in [-0.2, -0.15) is 4.31 Å². The first-order valence-corrected chi connectivity index (χ1v) is 7.98. The third-order valence-corrected chi connectivity index (χ3v) is 4.75. The number of carbonyl (C=O) groups excluding carboxylic acids is 1. The topological polar surface area (TPSA) is 117 Å². The number of aromatic nitrogens is 1. The number of pyridine rings is 1. The van der Waals surface area contributed by atoms with Crippen molar-refractivity contribution >= 4 is 21.9 Å². The molecule has 22 heavy (non-hydrogen) atoms. The predicted molar refractivity (Wildman–Crippen MR) is 78.5 cm³/mol. The SMILES string of the molecule is CC(C)[C@H](NC(=O)CN(C)S(=O)(=O)c1cccnc1)C(=O)O. The standard InChI is InChI=1S/C13H19N3O5S/c1-9(2)12(13(18)19)15-11(17)8-16(3)22(20,21)10-5-4-6-14-7-10/h4-7,9,12H,8H2,1-3H3,(H,15,17)(H,18,19)/t12-/m0/s1. The van der Waals surface area contributed by atoms with Gasteiger partial charge in [-0.3, -0.25) is 9.78 Å². The van der Waals surface area contributed by atoms with Gasteiger partial charge in [0.25, 0.3) is 0 Å². The van der Waals surface area contributed by atoms with Gasteiger partial charge < -0.3 is 10.4 Å². The number of hydrogen-bond acceptors (Lipinski definition) is 5. The van der Waals surface area contributed by atoms with Crippen molar-refractivity contribution in [2.45, 2.75) is 24.8 Å². The summed E-state index contributed by atoms with van der Waals surface area (Å²) in [7, 11) is -2.60. The van der Waals surface area contributed by atoms with Crippen LogP contribution in [0.3, 0.4) is 0 Å². The van der Waals surface area contributed by atoms with Gasteiger partial charge in [0.15, 0.2) is 0 Å². The van der Waals surface area contributed by atoms with E-state index < -0.39 is 34.5 Å². The van der Waals surface area contributed by atoms with Crippen molar-refractivity contribution in [1.82, 2.24) is 14.6 Å². The summed E-state index contributed by atoms with van der Waals surface area (Å²) in [6.45, 7) is 2.82. The number of sulfonamides is 1. The van der Waals surface area contributed by atoms with Gasteiger partial charge >= 0.3 is 5.97 Å². The molecule has 0 aliphatic rings. The van der Waals surface area contributed by atoms with E-state index in [4.69, 9.17) is 5.11 Å². The maximum Gasteiger partial charge on any atom is 0.326 e. The fourth-order valence-electron chi connectivity index (χ4n) is 1.70. The zero-order valence-electron chi connectivity index (χ0n) is 12.6. The molecule has 0 aromatic carbocycles. The van der Waals surface area contributed by atoms with Crippen molar-refractivity contribution in [3.63, 3.8) is 0 Å². The van der Waals surface area contributed by atoms with E-state index in [9.17, 15) is 18.0 Å². The lowest BCUT2D eigenvalue weighted by Gasteiger charge is -2.21. The Morgan fingerprint density at radius 1 is 1.41 bits per heavy atom. The van der Waals surface area contributed by atoms with Crippen molar-refractivity contribution in [3.05, 3.63) is 24.5 Å². The Morgan fingerprint density at radius 2 is 2.05 bits per heavy atom. The molecule has 1 aromatic heterocycles. The molecule has 0 aliphatic carbocycles. The number of nitrogens with one attached hydrogen (secondary N) is 1. The monoisotopic (exact) mass is 329 g/mol. The maximum atomic E-state index is 12.2. The summed E-state index contributed by atoms with van der Waals surface area (Å²) in [5.41, 5.74) is 0. The summed E-state index contributed by atoms with van der Waals surface area (Å²) in [5, 5.41) is 11.3. The van der Waals surface area contributed by atoms with Crippen LogP contribution in [0.25, 0.3) is 0 Å². The van der Waals surface area contributed by atoms with Crippen molar-refractivity contribution < 1.29 is 23.1 Å². The Kier molecular flexibility index (Phi) is 6.01. The van der Waals surface area contributed by atoms with Crippen LogP contribution in [0, 0.1) is 5.92 Å². The first kappa shape index (κ1) is 18.1. The van der Waals surface area contributed by atoms with Gasteiger partial charge in [-0.05, 0) is 18.1 Å². The second-order valence-electron chi connectivity index (χ2n) is 5.08. The molecule has 9 heteroatoms. The van der Waals surface area contributed by atoms with Gasteiger partial charge in [0.2, 0.25) is 15.9 Å². The summed E-state index contributed by atoms with van der Waals surface area (Å²) < 4.78 is 25.3. The molecular formula is C13H19N3O5S. The molecule has 0 radical (unpaired) electrons. The molecule has 0 spiro atoms. The molecule has 122 valence electrons. The molecule has 1 amide bonds. The number of rotatable bonds is 7. The molecule has 2 N–H and O–H groups in total. The minimum absolute atomic E-state index is 0.0380. The van der Waals surface area contributed by atoms with E-state index in [2.05, 4.69) is 10.3 Å². The third kappa shape index (κ3) is 4.50. The average Bonchev–Trinajstić information content (AvgIpc) is 2.44. The normalized spacial score (nSPS) is 13.1. The Hall–Kier alpha value is -2.00. The van der Waals surface area contributed by atoms with Crippen LogP contribution in [0.1, 0.15) is 13.8 Å². The molecule has 8 nitrogen and oxygen atoms in total. The summed E-state index contributed by atoms with van der Waals surface area (Å²) in [4.78, 5) is 26.6. The van der Waals surface area contributed by atoms with Gasteiger partial charge in [-0.25, -0.2) is 13.2 Å². The molecule has 0 unspecified atom stereocenters. The molecule has 0 fully saturated rings. The van der Waals surface area contributed by atoms with Crippen molar-refractivity contribution in [2.24, 2.45) is 5.92 Å². The second-order valence-corrected chi connectivity index (χ2v) is 7.12. The average molecular weight is 329 g/mol. The number of hydrogen-bond donors (Lipinski definition) is 2. The summed E-state index contributed by atoms with van der Waals surface area (Å²) >= 11 is 0. The van der Waals surface area contributed by atoms with Gasteiger partial charge in [0.1, 0.15) is 10.9 Å². The number of amides is 1. The van der Waals surface area contributed by atoms with E-state index in [1.54, 1.807) is 13.8 Å². The molecule has 0 aliphatic heterocycles. The smallest absolute Gasteiger partial charge is 0.326 e. The molecule has 0 saturated carbocycles. The van der Waals surface area contributed by atoms with E-state index in [0.717, 1.165) is 4.31 Å². The Labute approximate surface area is 129 Å². The molecular weight excluding hydrogens is 310 g/mol. The summed E-state index contributed by atoms with van der Waals surface area (Å²) in [6, 6.07) is 1.77. The first-order chi connectivity index (χ1) is 10.2. The number of carboxylic acid groups (broad SMARTS) is 1. The van der Waals surface area contributed by atoms with Crippen LogP contribution < -0.4 is 5.32 Å². The van der Waals surface area contributed by atoms with Crippen molar-refractivity contribution in [2.75, 3.05) is 13.6 Å². The highest BCUT2D eigenvalue weighted by molar-refractivity contribution is 7.89. The minimum Gasteiger partial charge on any atom is -0.480 e. The number of aliphatic carboxylic acids is 1. The Morgan fingerprint density at radius 3 is 2.50 bits per heavy atom. The molecule has 1 heterocycles. The van der Waals surface area contributed by atoms with Crippen molar-refractivity contribution in [1.29, 1.82) is 0 Å². The fraction of sp³-hybridized carbons (Fsp3) is 0.462. The van der Waals surface area contributed by atoms with Gasteiger partial charge in [0.05, 0.1) is 6.54 Å². The molecule has 0 bridgehead atoms. The van der Waals surface area contributed by atoms with Crippen LogP contribution in [-0.4, -0.2) is 54.3 Å². The van der Waals surface area contributed by atoms with E-state index in [1.165, 1.54) is 31.6 Å². The molecule has 1 atom stereocenters. The highest BCUT2D eigenvalue weighted by atomic mass is 32.2. The number of carbonyl (C=O) groups is 2. The molecule has 1 aromatic rings. The number of carboxylic acids is 1. The van der Waals surface area contributed by atoms with Crippen LogP contribution in [0.5, 0.6) is 0 Å². The Balaban J connectivity index is 2.78. The molecule has 1 rings (SSSR count). The van der Waals surface area contributed by atoms with Crippen LogP contribution in [0.15, 0.2) is 29.4 Å². The predicted octanol–water partition coefficient (Wildman–Crippen LogP) is -0.0725. The highest BCUT2D eigenvalue weighted by Crippen LogP contribution is 2.12. The maximum absolute atomic E-state index is 12.2.